The number of aryl methyl sites for hydroxylation is 2. The van der Waals surface area contributed by atoms with E-state index in [2.05, 4.69) is 33.5 Å². The smallest absolute Gasteiger partial charge is 0.276 e. The number of hydrogen-bond donors (Lipinski definition) is 2. The van der Waals surface area contributed by atoms with E-state index in [1.54, 1.807) is 5.38 Å². The standard InChI is InChI=1S/C18H18N4OS2.ClH/c19-8-16-20-15(10-24-16)17(23)22-18-21-14(9-25-18)13-6-5-11-3-1-2-4-12(11)7-13;/h5-7,9-10H,1-4,8,19H2,(H,21,22,23);1H. The number of thiazole rings is 2. The highest BCUT2D eigenvalue weighted by atomic mass is 35.5. The molecule has 2 heterocycles. The van der Waals surface area contributed by atoms with Crippen LogP contribution < -0.4 is 11.1 Å². The minimum atomic E-state index is -0.248. The quantitative estimate of drug-likeness (QED) is 0.677. The molecule has 0 unspecified atom stereocenters. The molecule has 3 aromatic rings. The van der Waals surface area contributed by atoms with Gasteiger partial charge in [-0.2, -0.15) is 0 Å². The van der Waals surface area contributed by atoms with E-state index in [1.165, 1.54) is 53.1 Å². The summed E-state index contributed by atoms with van der Waals surface area (Å²) in [5, 5.41) is 7.85. The van der Waals surface area contributed by atoms with Crippen LogP contribution in [0.2, 0.25) is 0 Å². The SMILES string of the molecule is Cl.NCc1nc(C(=O)Nc2nc(-c3ccc4c(c3)CCCC4)cs2)cs1. The van der Waals surface area contributed by atoms with E-state index in [0.717, 1.165) is 22.7 Å². The van der Waals surface area contributed by atoms with Crippen LogP contribution in [0.3, 0.4) is 0 Å². The van der Waals surface area contributed by atoms with Crippen molar-refractivity contribution >= 4 is 46.1 Å². The first-order valence-electron chi connectivity index (χ1n) is 8.26. The van der Waals surface area contributed by atoms with Gasteiger partial charge in [0.2, 0.25) is 0 Å². The van der Waals surface area contributed by atoms with Crippen LogP contribution >= 0.6 is 35.1 Å². The van der Waals surface area contributed by atoms with Gasteiger partial charge < -0.3 is 5.73 Å². The molecule has 2 aromatic heterocycles. The van der Waals surface area contributed by atoms with Crippen molar-refractivity contribution in [3.63, 3.8) is 0 Å². The van der Waals surface area contributed by atoms with E-state index in [-0.39, 0.29) is 18.3 Å². The molecule has 8 heteroatoms. The van der Waals surface area contributed by atoms with Crippen molar-refractivity contribution < 1.29 is 4.79 Å². The van der Waals surface area contributed by atoms with E-state index in [1.807, 2.05) is 5.38 Å². The van der Waals surface area contributed by atoms with E-state index in [9.17, 15) is 4.79 Å². The molecule has 0 spiro atoms. The summed E-state index contributed by atoms with van der Waals surface area (Å²) < 4.78 is 0. The number of fused-ring (bicyclic) bond motifs is 1. The number of anilines is 1. The van der Waals surface area contributed by atoms with Crippen LogP contribution in [0.1, 0.15) is 39.5 Å². The van der Waals surface area contributed by atoms with Crippen molar-refractivity contribution in [2.24, 2.45) is 5.73 Å². The molecule has 26 heavy (non-hydrogen) atoms. The fourth-order valence-electron chi connectivity index (χ4n) is 3.03. The van der Waals surface area contributed by atoms with E-state index in [4.69, 9.17) is 5.73 Å². The highest BCUT2D eigenvalue weighted by molar-refractivity contribution is 7.14. The second-order valence-electron chi connectivity index (χ2n) is 6.01. The maximum atomic E-state index is 12.2. The molecule has 4 rings (SSSR count). The Morgan fingerprint density at radius 2 is 1.92 bits per heavy atom. The number of hydrogen-bond acceptors (Lipinski definition) is 6. The lowest BCUT2D eigenvalue weighted by Gasteiger charge is -2.16. The Bertz CT molecular complexity index is 922. The Kier molecular flexibility index (Phi) is 6.03. The third kappa shape index (κ3) is 3.96. The van der Waals surface area contributed by atoms with Crippen LogP contribution in [0.25, 0.3) is 11.3 Å². The topological polar surface area (TPSA) is 80.9 Å². The van der Waals surface area contributed by atoms with Crippen LogP contribution in [-0.2, 0) is 19.4 Å². The lowest BCUT2D eigenvalue weighted by molar-refractivity contribution is 0.102. The van der Waals surface area contributed by atoms with Gasteiger partial charge in [0.15, 0.2) is 5.13 Å². The van der Waals surface area contributed by atoms with Crippen molar-refractivity contribution in [2.75, 3.05) is 5.32 Å². The van der Waals surface area contributed by atoms with E-state index >= 15 is 0 Å². The zero-order valence-electron chi connectivity index (χ0n) is 14.0. The number of carbonyl (C=O) groups is 1. The number of nitrogens with zero attached hydrogens (tertiary/aromatic N) is 2. The molecule has 1 aliphatic carbocycles. The van der Waals surface area contributed by atoms with Crippen LogP contribution in [0.4, 0.5) is 5.13 Å². The van der Waals surface area contributed by atoms with Gasteiger partial charge in [-0.15, -0.1) is 35.1 Å². The zero-order valence-corrected chi connectivity index (χ0v) is 16.5. The van der Waals surface area contributed by atoms with Crippen molar-refractivity contribution in [3.8, 4) is 11.3 Å². The molecule has 0 fully saturated rings. The molecular weight excluding hydrogens is 388 g/mol. The Labute approximate surface area is 166 Å². The molecule has 3 N–H and O–H groups in total. The van der Waals surface area contributed by atoms with Gasteiger partial charge in [-0.3, -0.25) is 10.1 Å². The summed E-state index contributed by atoms with van der Waals surface area (Å²) in [6.07, 6.45) is 4.85. The molecular formula is C18H19ClN4OS2. The van der Waals surface area contributed by atoms with Crippen LogP contribution in [0, 0.1) is 0 Å². The number of halogens is 1. The molecule has 0 radical (unpaired) electrons. The predicted molar refractivity (Wildman–Crippen MR) is 109 cm³/mol. The van der Waals surface area contributed by atoms with Crippen molar-refractivity contribution in [3.05, 3.63) is 50.8 Å². The Hall–Kier alpha value is -1.80. The number of rotatable bonds is 4. The summed E-state index contributed by atoms with van der Waals surface area (Å²) in [6, 6.07) is 6.58. The lowest BCUT2D eigenvalue weighted by atomic mass is 9.90. The second-order valence-corrected chi connectivity index (χ2v) is 7.81. The highest BCUT2D eigenvalue weighted by Gasteiger charge is 2.14. The van der Waals surface area contributed by atoms with Crippen LogP contribution in [-0.4, -0.2) is 15.9 Å². The Balaban J connectivity index is 0.00000196. The third-order valence-corrected chi connectivity index (χ3v) is 5.96. The zero-order chi connectivity index (χ0) is 17.2. The molecule has 0 aliphatic heterocycles. The summed E-state index contributed by atoms with van der Waals surface area (Å²) in [5.41, 5.74) is 10.8. The Morgan fingerprint density at radius 3 is 2.69 bits per heavy atom. The van der Waals surface area contributed by atoms with Gasteiger partial charge in [0, 0.05) is 22.9 Å². The number of aromatic nitrogens is 2. The molecule has 1 aliphatic rings. The van der Waals surface area contributed by atoms with Crippen molar-refractivity contribution in [1.82, 2.24) is 9.97 Å². The fourth-order valence-corrected chi connectivity index (χ4v) is 4.40. The van der Waals surface area contributed by atoms with Crippen LogP contribution in [0.5, 0.6) is 0 Å². The molecule has 1 amide bonds. The summed E-state index contributed by atoms with van der Waals surface area (Å²) in [5.74, 6) is -0.248. The minimum Gasteiger partial charge on any atom is -0.325 e. The van der Waals surface area contributed by atoms with Gasteiger partial charge in [-0.25, -0.2) is 9.97 Å². The average Bonchev–Trinajstić information content (AvgIpc) is 3.30. The van der Waals surface area contributed by atoms with E-state index in [0.29, 0.717) is 17.4 Å². The number of benzene rings is 1. The van der Waals surface area contributed by atoms with Gasteiger partial charge in [0.25, 0.3) is 5.91 Å². The highest BCUT2D eigenvalue weighted by Crippen LogP contribution is 2.29. The second kappa shape index (κ2) is 8.26. The summed E-state index contributed by atoms with van der Waals surface area (Å²) in [7, 11) is 0. The molecule has 1 aromatic carbocycles. The minimum absolute atomic E-state index is 0. The van der Waals surface area contributed by atoms with Crippen LogP contribution in [0.15, 0.2) is 29.0 Å². The number of nitrogens with one attached hydrogen (secondary N) is 1. The monoisotopic (exact) mass is 406 g/mol. The average molecular weight is 407 g/mol. The maximum absolute atomic E-state index is 12.2. The first kappa shape index (κ1) is 19.0. The first-order chi connectivity index (χ1) is 12.2. The number of nitrogens with two attached hydrogens (primary N) is 1. The molecule has 5 nitrogen and oxygen atoms in total. The van der Waals surface area contributed by atoms with Gasteiger partial charge in [-0.05, 0) is 42.9 Å². The largest absolute Gasteiger partial charge is 0.325 e. The number of amides is 1. The van der Waals surface area contributed by atoms with Gasteiger partial charge in [0.1, 0.15) is 10.7 Å². The first-order valence-corrected chi connectivity index (χ1v) is 10.0. The third-order valence-electron chi connectivity index (χ3n) is 4.33. The number of carbonyl (C=O) groups excluding carboxylic acids is 1. The lowest BCUT2D eigenvalue weighted by Crippen LogP contribution is -2.12. The normalized spacial score (nSPS) is 13.0. The van der Waals surface area contributed by atoms with Gasteiger partial charge in [0.05, 0.1) is 5.69 Å². The maximum Gasteiger partial charge on any atom is 0.276 e. The summed E-state index contributed by atoms with van der Waals surface area (Å²) in [4.78, 5) is 21.0. The molecule has 0 bridgehead atoms. The Morgan fingerprint density at radius 1 is 1.12 bits per heavy atom. The van der Waals surface area contributed by atoms with Crippen molar-refractivity contribution in [2.45, 2.75) is 32.2 Å². The summed E-state index contributed by atoms with van der Waals surface area (Å²) in [6.45, 7) is 0.345. The van der Waals surface area contributed by atoms with Gasteiger partial charge in [-0.1, -0.05) is 12.1 Å². The molecule has 136 valence electrons. The van der Waals surface area contributed by atoms with E-state index < -0.39 is 0 Å². The fraction of sp³-hybridized carbons (Fsp3) is 0.278. The molecule has 0 atom stereocenters. The predicted octanol–water partition coefficient (Wildman–Crippen LogP) is 4.28. The summed E-state index contributed by atoms with van der Waals surface area (Å²) >= 11 is 2.81. The molecule has 0 saturated carbocycles. The van der Waals surface area contributed by atoms with Crippen molar-refractivity contribution in [1.29, 1.82) is 0 Å². The molecule has 0 saturated heterocycles. The van der Waals surface area contributed by atoms with Gasteiger partial charge >= 0.3 is 0 Å².